The summed E-state index contributed by atoms with van der Waals surface area (Å²) in [6.45, 7) is 2.19. The van der Waals surface area contributed by atoms with Crippen molar-refractivity contribution in [2.45, 2.75) is 38.5 Å². The van der Waals surface area contributed by atoms with E-state index in [-0.39, 0.29) is 0 Å². The number of thiophene rings is 1. The molecule has 1 fully saturated rings. The summed E-state index contributed by atoms with van der Waals surface area (Å²) in [7, 11) is 0. The van der Waals surface area contributed by atoms with Gasteiger partial charge in [0.2, 0.25) is 0 Å². The van der Waals surface area contributed by atoms with Crippen LogP contribution >= 0.6 is 11.3 Å². The number of nitrogens with one attached hydrogen (secondary N) is 1. The van der Waals surface area contributed by atoms with Gasteiger partial charge < -0.3 is 10.2 Å². The Balaban J connectivity index is 1.45. The third-order valence-electron chi connectivity index (χ3n) is 4.97. The third kappa shape index (κ3) is 4.45. The molecular formula is C19H27FN2S. The van der Waals surface area contributed by atoms with E-state index in [1.807, 2.05) is 17.0 Å². The molecule has 1 N–H and O–H groups in total. The van der Waals surface area contributed by atoms with Gasteiger partial charge in [-0.3, -0.25) is 0 Å². The molecule has 0 spiro atoms. The number of rotatable bonds is 8. The summed E-state index contributed by atoms with van der Waals surface area (Å²) >= 11 is 1.71. The van der Waals surface area contributed by atoms with Crippen molar-refractivity contribution < 1.29 is 4.39 Å². The van der Waals surface area contributed by atoms with Gasteiger partial charge in [0, 0.05) is 28.9 Å². The average Bonchev–Trinajstić information content (AvgIpc) is 3.08. The van der Waals surface area contributed by atoms with Gasteiger partial charge in [-0.15, -0.1) is 11.3 Å². The van der Waals surface area contributed by atoms with Crippen molar-refractivity contribution >= 4 is 27.1 Å². The van der Waals surface area contributed by atoms with Crippen LogP contribution < -0.4 is 10.2 Å². The minimum absolute atomic E-state index is 0.431. The molecule has 1 aromatic carbocycles. The van der Waals surface area contributed by atoms with Crippen LogP contribution in [0, 0.1) is 5.92 Å². The maximum Gasteiger partial charge on any atom is 0.162 e. The number of hydrogen-bond donors (Lipinski definition) is 1. The minimum atomic E-state index is -0.431. The largest absolute Gasteiger partial charge is 0.343 e. The van der Waals surface area contributed by atoms with E-state index in [0.29, 0.717) is 0 Å². The Kier molecular flexibility index (Phi) is 6.29. The lowest BCUT2D eigenvalue weighted by Gasteiger charge is -2.23. The first-order valence-corrected chi connectivity index (χ1v) is 9.74. The molecule has 1 aliphatic carbocycles. The zero-order chi connectivity index (χ0) is 15.9. The molecule has 0 saturated heterocycles. The van der Waals surface area contributed by atoms with Crippen molar-refractivity contribution in [3.05, 3.63) is 29.6 Å². The van der Waals surface area contributed by atoms with E-state index in [1.165, 1.54) is 43.2 Å². The fourth-order valence-electron chi connectivity index (χ4n) is 3.62. The van der Waals surface area contributed by atoms with Crippen LogP contribution in [0.1, 0.15) is 38.5 Å². The molecule has 1 heterocycles. The van der Waals surface area contributed by atoms with Crippen molar-refractivity contribution in [1.82, 2.24) is 5.32 Å². The molecule has 2 aromatic rings. The number of anilines is 1. The summed E-state index contributed by atoms with van der Waals surface area (Å²) in [5.41, 5.74) is 1.01. The van der Waals surface area contributed by atoms with Gasteiger partial charge >= 0.3 is 0 Å². The topological polar surface area (TPSA) is 15.3 Å². The Morgan fingerprint density at radius 1 is 1.13 bits per heavy atom. The number of benzene rings is 1. The zero-order valence-electron chi connectivity index (χ0n) is 13.8. The maximum absolute atomic E-state index is 13.5. The highest BCUT2D eigenvalue weighted by molar-refractivity contribution is 7.17. The van der Waals surface area contributed by atoms with Gasteiger partial charge in [0.15, 0.2) is 6.80 Å². The molecule has 0 unspecified atom stereocenters. The van der Waals surface area contributed by atoms with Crippen LogP contribution in [0.4, 0.5) is 10.1 Å². The first-order valence-electron chi connectivity index (χ1n) is 8.86. The first kappa shape index (κ1) is 16.7. The molecule has 3 rings (SSSR count). The third-order valence-corrected chi connectivity index (χ3v) is 5.85. The van der Waals surface area contributed by atoms with E-state index < -0.39 is 6.80 Å². The van der Waals surface area contributed by atoms with Crippen molar-refractivity contribution in [2.75, 3.05) is 31.3 Å². The molecule has 126 valence electrons. The van der Waals surface area contributed by atoms with E-state index >= 15 is 0 Å². The van der Waals surface area contributed by atoms with Crippen molar-refractivity contribution in [3.63, 3.8) is 0 Å². The van der Waals surface area contributed by atoms with Gasteiger partial charge in [0.1, 0.15) is 0 Å². The molecule has 0 amide bonds. The lowest BCUT2D eigenvalue weighted by Crippen LogP contribution is -2.32. The minimum Gasteiger partial charge on any atom is -0.343 e. The van der Waals surface area contributed by atoms with Gasteiger partial charge in [-0.2, -0.15) is 0 Å². The van der Waals surface area contributed by atoms with E-state index in [9.17, 15) is 4.39 Å². The maximum atomic E-state index is 13.5. The second-order valence-electron chi connectivity index (χ2n) is 6.54. The molecule has 0 bridgehead atoms. The summed E-state index contributed by atoms with van der Waals surface area (Å²) in [6, 6.07) is 8.24. The second kappa shape index (κ2) is 8.65. The quantitative estimate of drug-likeness (QED) is 0.527. The highest BCUT2D eigenvalue weighted by atomic mass is 32.1. The molecule has 23 heavy (non-hydrogen) atoms. The van der Waals surface area contributed by atoms with E-state index in [0.717, 1.165) is 36.6 Å². The van der Waals surface area contributed by atoms with Crippen molar-refractivity contribution in [3.8, 4) is 0 Å². The summed E-state index contributed by atoms with van der Waals surface area (Å²) in [4.78, 5) is 1.84. The highest BCUT2D eigenvalue weighted by Crippen LogP contribution is 2.30. The molecule has 2 nitrogen and oxygen atoms in total. The molecule has 0 radical (unpaired) electrons. The molecule has 1 saturated carbocycles. The Hall–Kier alpha value is -1.13. The summed E-state index contributed by atoms with van der Waals surface area (Å²) in [5, 5.41) is 6.74. The Bertz CT molecular complexity index is 592. The first-order chi connectivity index (χ1) is 11.4. The lowest BCUT2D eigenvalue weighted by molar-refractivity contribution is 0.334. The molecule has 0 aliphatic heterocycles. The van der Waals surface area contributed by atoms with Gasteiger partial charge in [0.25, 0.3) is 0 Å². The number of hydrogen-bond acceptors (Lipinski definition) is 3. The van der Waals surface area contributed by atoms with E-state index in [4.69, 9.17) is 0 Å². The van der Waals surface area contributed by atoms with Crippen LogP contribution in [-0.2, 0) is 0 Å². The van der Waals surface area contributed by atoms with Crippen molar-refractivity contribution in [1.29, 1.82) is 0 Å². The standard InChI is InChI=1S/C19H27FN2S/c20-15-22(18-7-4-8-19-17(18)10-14-23-19)13-12-21-11-9-16-5-2-1-3-6-16/h4,7-8,10,14,16,21H,1-3,5-6,9,11-13,15H2. The van der Waals surface area contributed by atoms with Crippen LogP contribution in [0.5, 0.6) is 0 Å². The Labute approximate surface area is 142 Å². The molecule has 0 atom stereocenters. The summed E-state index contributed by atoms with van der Waals surface area (Å²) in [6.07, 6.45) is 8.31. The van der Waals surface area contributed by atoms with Crippen LogP contribution in [0.15, 0.2) is 29.6 Å². The zero-order valence-corrected chi connectivity index (χ0v) is 14.6. The van der Waals surface area contributed by atoms with Gasteiger partial charge in [-0.25, -0.2) is 4.39 Å². The molecule has 1 aromatic heterocycles. The monoisotopic (exact) mass is 334 g/mol. The molecular weight excluding hydrogens is 307 g/mol. The van der Waals surface area contributed by atoms with Gasteiger partial charge in [-0.1, -0.05) is 38.2 Å². The predicted octanol–water partition coefficient (Wildman–Crippen LogP) is 5.19. The van der Waals surface area contributed by atoms with Crippen LogP contribution in [0.25, 0.3) is 10.1 Å². The SMILES string of the molecule is FCN(CCNCCC1CCCCC1)c1cccc2sccc12. The fourth-order valence-corrected chi connectivity index (χ4v) is 4.43. The van der Waals surface area contributed by atoms with Crippen LogP contribution in [0.3, 0.4) is 0 Å². The normalized spacial score (nSPS) is 16.0. The predicted molar refractivity (Wildman–Crippen MR) is 99.2 cm³/mol. The van der Waals surface area contributed by atoms with E-state index in [2.05, 4.69) is 22.8 Å². The summed E-state index contributed by atoms with van der Waals surface area (Å²) in [5.74, 6) is 0.910. The lowest BCUT2D eigenvalue weighted by atomic mass is 9.87. The van der Waals surface area contributed by atoms with Crippen molar-refractivity contribution in [2.24, 2.45) is 5.92 Å². The van der Waals surface area contributed by atoms with Crippen LogP contribution in [-0.4, -0.2) is 26.4 Å². The van der Waals surface area contributed by atoms with E-state index in [1.54, 1.807) is 11.3 Å². The Morgan fingerprint density at radius 3 is 2.83 bits per heavy atom. The molecule has 1 aliphatic rings. The molecule has 4 heteroatoms. The van der Waals surface area contributed by atoms with Crippen LogP contribution in [0.2, 0.25) is 0 Å². The smallest absolute Gasteiger partial charge is 0.162 e. The number of fused-ring (bicyclic) bond motifs is 1. The number of halogens is 1. The summed E-state index contributed by atoms with van der Waals surface area (Å²) < 4.78 is 14.7. The highest BCUT2D eigenvalue weighted by Gasteiger charge is 2.13. The Morgan fingerprint density at radius 2 is 2.00 bits per heavy atom. The average molecular weight is 335 g/mol. The number of nitrogens with zero attached hydrogens (tertiary/aromatic N) is 1. The fraction of sp³-hybridized carbons (Fsp3) is 0.579. The number of alkyl halides is 1. The second-order valence-corrected chi connectivity index (χ2v) is 7.48. The van der Waals surface area contributed by atoms with Gasteiger partial charge in [-0.05, 0) is 42.5 Å². The van der Waals surface area contributed by atoms with Gasteiger partial charge in [0.05, 0.1) is 0 Å².